The Hall–Kier alpha value is -1.91. The van der Waals surface area contributed by atoms with E-state index in [1.54, 1.807) is 0 Å². The molecule has 0 aliphatic rings. The van der Waals surface area contributed by atoms with E-state index in [2.05, 4.69) is 20.9 Å². The lowest BCUT2D eigenvalue weighted by Crippen LogP contribution is -1.95. The van der Waals surface area contributed by atoms with Gasteiger partial charge in [-0.25, -0.2) is 4.98 Å². The van der Waals surface area contributed by atoms with Gasteiger partial charge in [-0.3, -0.25) is 0 Å². The van der Waals surface area contributed by atoms with Gasteiger partial charge in [0.15, 0.2) is 0 Å². The summed E-state index contributed by atoms with van der Waals surface area (Å²) in [5, 5.41) is 11.2. The lowest BCUT2D eigenvalue weighted by molar-refractivity contribution is 0.275. The van der Waals surface area contributed by atoms with E-state index in [1.807, 2.05) is 54.6 Å². The van der Waals surface area contributed by atoms with E-state index >= 15 is 0 Å². The molecule has 100 valence electrons. The molecule has 4 heteroatoms. The molecule has 0 atom stereocenters. The van der Waals surface area contributed by atoms with Crippen LogP contribution in [0.5, 0.6) is 11.6 Å². The summed E-state index contributed by atoms with van der Waals surface area (Å²) in [6, 6.07) is 17.2. The predicted molar refractivity (Wildman–Crippen MR) is 81.9 cm³/mol. The van der Waals surface area contributed by atoms with Crippen molar-refractivity contribution in [2.24, 2.45) is 0 Å². The predicted octanol–water partition coefficient (Wildman–Crippen LogP) is 4.28. The highest BCUT2D eigenvalue weighted by Gasteiger charge is 2.07. The van der Waals surface area contributed by atoms with Crippen LogP contribution in [0.25, 0.3) is 10.8 Å². The van der Waals surface area contributed by atoms with Gasteiger partial charge in [-0.15, -0.1) is 0 Å². The smallest absolute Gasteiger partial charge is 0.227 e. The van der Waals surface area contributed by atoms with Crippen LogP contribution in [0, 0.1) is 0 Å². The van der Waals surface area contributed by atoms with Gasteiger partial charge in [0.2, 0.25) is 5.88 Å². The van der Waals surface area contributed by atoms with Crippen molar-refractivity contribution in [1.82, 2.24) is 4.98 Å². The van der Waals surface area contributed by atoms with Crippen molar-refractivity contribution < 1.29 is 9.84 Å². The monoisotopic (exact) mass is 329 g/mol. The number of hydrogen-bond donors (Lipinski definition) is 1. The zero-order valence-corrected chi connectivity index (χ0v) is 12.2. The minimum absolute atomic E-state index is 0.110. The summed E-state index contributed by atoms with van der Waals surface area (Å²) in [6.07, 6.45) is 0. The fourth-order valence-electron chi connectivity index (χ4n) is 1.99. The molecule has 0 bridgehead atoms. The maximum absolute atomic E-state index is 9.30. The van der Waals surface area contributed by atoms with Crippen molar-refractivity contribution in [3.63, 3.8) is 0 Å². The fourth-order valence-corrected chi connectivity index (χ4v) is 2.26. The molecule has 3 nitrogen and oxygen atoms in total. The van der Waals surface area contributed by atoms with Crippen molar-refractivity contribution in [3.05, 3.63) is 64.8 Å². The first-order valence-electron chi connectivity index (χ1n) is 6.19. The van der Waals surface area contributed by atoms with Crippen molar-refractivity contribution in [3.8, 4) is 11.6 Å². The number of ether oxygens (including phenoxy) is 1. The van der Waals surface area contributed by atoms with Crippen LogP contribution in [0.2, 0.25) is 0 Å². The number of nitrogens with zero attached hydrogens (tertiary/aromatic N) is 1. The second-order valence-electron chi connectivity index (χ2n) is 4.35. The molecule has 1 heterocycles. The van der Waals surface area contributed by atoms with Gasteiger partial charge in [-0.1, -0.05) is 34.1 Å². The van der Waals surface area contributed by atoms with E-state index in [4.69, 9.17) is 4.74 Å². The third kappa shape index (κ3) is 2.66. The number of aliphatic hydroxyl groups excluding tert-OH is 1. The first-order chi connectivity index (χ1) is 9.76. The number of rotatable bonds is 3. The van der Waals surface area contributed by atoms with Crippen LogP contribution >= 0.6 is 15.9 Å². The van der Waals surface area contributed by atoms with Crippen LogP contribution in [-0.2, 0) is 6.61 Å². The van der Waals surface area contributed by atoms with Crippen LogP contribution in [0.3, 0.4) is 0 Å². The molecule has 0 unspecified atom stereocenters. The van der Waals surface area contributed by atoms with Crippen LogP contribution in [0.4, 0.5) is 0 Å². The highest BCUT2D eigenvalue weighted by atomic mass is 79.9. The summed E-state index contributed by atoms with van der Waals surface area (Å²) in [5.41, 5.74) is 0.593. The normalized spacial score (nSPS) is 10.7. The van der Waals surface area contributed by atoms with Crippen LogP contribution in [-0.4, -0.2) is 10.1 Å². The Kier molecular flexibility index (Phi) is 3.67. The zero-order chi connectivity index (χ0) is 13.9. The number of hydrogen-bond acceptors (Lipinski definition) is 3. The summed E-state index contributed by atoms with van der Waals surface area (Å²) in [5.74, 6) is 1.22. The quantitative estimate of drug-likeness (QED) is 0.779. The Morgan fingerprint density at radius 3 is 2.55 bits per heavy atom. The number of aromatic nitrogens is 1. The van der Waals surface area contributed by atoms with Gasteiger partial charge in [0, 0.05) is 9.86 Å². The molecule has 0 fully saturated rings. The van der Waals surface area contributed by atoms with Crippen molar-refractivity contribution >= 4 is 26.7 Å². The summed E-state index contributed by atoms with van der Waals surface area (Å²) in [4.78, 5) is 4.35. The SMILES string of the molecule is OCc1cc2ccccc2c(Oc2ccc(Br)cc2)n1. The molecule has 0 radical (unpaired) electrons. The van der Waals surface area contributed by atoms with E-state index in [0.29, 0.717) is 17.3 Å². The number of fused-ring (bicyclic) bond motifs is 1. The minimum atomic E-state index is -0.110. The average molecular weight is 330 g/mol. The fraction of sp³-hybridized carbons (Fsp3) is 0.0625. The van der Waals surface area contributed by atoms with E-state index in [-0.39, 0.29) is 6.61 Å². The first-order valence-corrected chi connectivity index (χ1v) is 6.98. The molecule has 0 aliphatic carbocycles. The highest BCUT2D eigenvalue weighted by Crippen LogP contribution is 2.29. The topological polar surface area (TPSA) is 42.4 Å². The van der Waals surface area contributed by atoms with Gasteiger partial charge in [0.25, 0.3) is 0 Å². The second kappa shape index (κ2) is 5.61. The van der Waals surface area contributed by atoms with Crippen molar-refractivity contribution in [2.45, 2.75) is 6.61 Å². The van der Waals surface area contributed by atoms with Gasteiger partial charge >= 0.3 is 0 Å². The summed E-state index contributed by atoms with van der Waals surface area (Å²) >= 11 is 3.39. The third-order valence-electron chi connectivity index (χ3n) is 2.95. The Labute approximate surface area is 125 Å². The molecule has 1 N–H and O–H groups in total. The molecule has 3 aromatic rings. The number of benzene rings is 2. The Morgan fingerprint density at radius 1 is 1.05 bits per heavy atom. The second-order valence-corrected chi connectivity index (χ2v) is 5.27. The standard InChI is InChI=1S/C16H12BrNO2/c17-12-5-7-14(8-6-12)20-16-15-4-2-1-3-11(15)9-13(10-19)18-16/h1-9,19H,10H2. The molecular formula is C16H12BrNO2. The van der Waals surface area contributed by atoms with Crippen LogP contribution < -0.4 is 4.74 Å². The van der Waals surface area contributed by atoms with Gasteiger partial charge < -0.3 is 9.84 Å². The van der Waals surface area contributed by atoms with Gasteiger partial charge in [-0.2, -0.15) is 0 Å². The first kappa shape index (κ1) is 13.1. The van der Waals surface area contributed by atoms with Gasteiger partial charge in [0.1, 0.15) is 5.75 Å². The molecular weight excluding hydrogens is 318 g/mol. The van der Waals surface area contributed by atoms with E-state index < -0.39 is 0 Å². The lowest BCUT2D eigenvalue weighted by Gasteiger charge is -2.09. The van der Waals surface area contributed by atoms with Crippen LogP contribution in [0.15, 0.2) is 59.1 Å². The average Bonchev–Trinajstić information content (AvgIpc) is 2.49. The minimum Gasteiger partial charge on any atom is -0.438 e. The zero-order valence-electron chi connectivity index (χ0n) is 10.6. The van der Waals surface area contributed by atoms with Crippen molar-refractivity contribution in [1.29, 1.82) is 0 Å². The Bertz CT molecular complexity index is 741. The molecule has 3 rings (SSSR count). The lowest BCUT2D eigenvalue weighted by atomic mass is 10.1. The molecule has 1 aromatic heterocycles. The Balaban J connectivity index is 2.07. The number of pyridine rings is 1. The Morgan fingerprint density at radius 2 is 1.80 bits per heavy atom. The van der Waals surface area contributed by atoms with Gasteiger partial charge in [-0.05, 0) is 41.8 Å². The molecule has 0 amide bonds. The highest BCUT2D eigenvalue weighted by molar-refractivity contribution is 9.10. The summed E-state index contributed by atoms with van der Waals surface area (Å²) < 4.78 is 6.84. The van der Waals surface area contributed by atoms with Crippen LogP contribution in [0.1, 0.15) is 5.69 Å². The largest absolute Gasteiger partial charge is 0.438 e. The number of aliphatic hydroxyl groups is 1. The molecule has 0 saturated heterocycles. The van der Waals surface area contributed by atoms with E-state index in [1.165, 1.54) is 0 Å². The summed E-state index contributed by atoms with van der Waals surface area (Å²) in [6.45, 7) is -0.110. The van der Waals surface area contributed by atoms with Gasteiger partial charge in [0.05, 0.1) is 12.3 Å². The van der Waals surface area contributed by atoms with Crippen molar-refractivity contribution in [2.75, 3.05) is 0 Å². The maximum Gasteiger partial charge on any atom is 0.227 e. The molecule has 0 spiro atoms. The molecule has 0 aliphatic heterocycles. The third-order valence-corrected chi connectivity index (χ3v) is 3.48. The molecule has 2 aromatic carbocycles. The summed E-state index contributed by atoms with van der Waals surface area (Å²) in [7, 11) is 0. The van der Waals surface area contributed by atoms with E-state index in [0.717, 1.165) is 15.2 Å². The maximum atomic E-state index is 9.30. The van der Waals surface area contributed by atoms with E-state index in [9.17, 15) is 5.11 Å². The number of halogens is 1. The molecule has 0 saturated carbocycles. The molecule has 20 heavy (non-hydrogen) atoms.